The third-order valence-corrected chi connectivity index (χ3v) is 5.48. The van der Waals surface area contributed by atoms with Crippen LogP contribution in [0.15, 0.2) is 23.1 Å². The molecule has 1 unspecified atom stereocenters. The van der Waals surface area contributed by atoms with Crippen molar-refractivity contribution >= 4 is 17.7 Å². The van der Waals surface area contributed by atoms with Crippen LogP contribution in [-0.2, 0) is 4.79 Å². The number of hydrogen-bond donors (Lipinski definition) is 2. The van der Waals surface area contributed by atoms with Gasteiger partial charge < -0.3 is 10.4 Å². The largest absolute Gasteiger partial charge is 0.480 e. The summed E-state index contributed by atoms with van der Waals surface area (Å²) in [6, 6.07) is 6.35. The number of thioether (sulfide) groups is 1. The topological polar surface area (TPSA) is 49.3 Å². The monoisotopic (exact) mass is 307 g/mol. The van der Waals surface area contributed by atoms with Gasteiger partial charge in [-0.3, -0.25) is 4.79 Å². The number of aliphatic carboxylic acids is 1. The molecule has 1 aliphatic carbocycles. The van der Waals surface area contributed by atoms with Gasteiger partial charge in [0.1, 0.15) is 5.54 Å². The first kappa shape index (κ1) is 16.4. The minimum absolute atomic E-state index is 0.278. The van der Waals surface area contributed by atoms with Crippen molar-refractivity contribution < 1.29 is 9.90 Å². The van der Waals surface area contributed by atoms with Crippen LogP contribution in [0.5, 0.6) is 0 Å². The molecule has 2 N–H and O–H groups in total. The number of hydrogen-bond acceptors (Lipinski definition) is 3. The van der Waals surface area contributed by atoms with Crippen molar-refractivity contribution in [3.8, 4) is 0 Å². The summed E-state index contributed by atoms with van der Waals surface area (Å²) in [5.41, 5.74) is 1.77. The smallest absolute Gasteiger partial charge is 0.325 e. The molecule has 3 nitrogen and oxygen atoms in total. The lowest BCUT2D eigenvalue weighted by Crippen LogP contribution is -2.56. The summed E-state index contributed by atoms with van der Waals surface area (Å²) < 4.78 is 0. The summed E-state index contributed by atoms with van der Waals surface area (Å²) in [5.74, 6) is 0.172. The van der Waals surface area contributed by atoms with E-state index < -0.39 is 11.5 Å². The fourth-order valence-electron chi connectivity index (χ4n) is 2.55. The SMILES string of the molecule is CCCNC(CSc1ccc(C)c(C)c1)(C(=O)O)C1CC1. The Kier molecular flexibility index (Phi) is 5.33. The molecule has 2 rings (SSSR count). The summed E-state index contributed by atoms with van der Waals surface area (Å²) in [7, 11) is 0. The highest BCUT2D eigenvalue weighted by molar-refractivity contribution is 7.99. The third-order valence-electron chi connectivity index (χ3n) is 4.29. The van der Waals surface area contributed by atoms with E-state index in [1.807, 2.05) is 0 Å². The van der Waals surface area contributed by atoms with E-state index >= 15 is 0 Å². The van der Waals surface area contributed by atoms with Gasteiger partial charge >= 0.3 is 5.97 Å². The Bertz CT molecular complexity index is 514. The molecule has 1 saturated carbocycles. The van der Waals surface area contributed by atoms with E-state index in [-0.39, 0.29) is 5.92 Å². The molecular formula is C17H25NO2S. The van der Waals surface area contributed by atoms with E-state index in [1.54, 1.807) is 11.8 Å². The molecule has 4 heteroatoms. The van der Waals surface area contributed by atoms with Crippen molar-refractivity contribution in [1.82, 2.24) is 5.32 Å². The highest BCUT2D eigenvalue weighted by Crippen LogP contribution is 2.42. The van der Waals surface area contributed by atoms with Crippen LogP contribution >= 0.6 is 11.8 Å². The van der Waals surface area contributed by atoms with Gasteiger partial charge in [0, 0.05) is 10.6 Å². The number of benzene rings is 1. The molecule has 0 amide bonds. The van der Waals surface area contributed by atoms with Crippen molar-refractivity contribution in [2.75, 3.05) is 12.3 Å². The molecule has 1 aromatic rings. The lowest BCUT2D eigenvalue weighted by Gasteiger charge is -2.30. The maximum Gasteiger partial charge on any atom is 0.325 e. The summed E-state index contributed by atoms with van der Waals surface area (Å²) in [5, 5.41) is 13.1. The zero-order valence-electron chi connectivity index (χ0n) is 13.1. The van der Waals surface area contributed by atoms with E-state index in [0.29, 0.717) is 5.75 Å². The van der Waals surface area contributed by atoms with Crippen molar-refractivity contribution in [2.45, 2.75) is 50.5 Å². The molecule has 21 heavy (non-hydrogen) atoms. The standard InChI is InChI=1S/C17H25NO2S/c1-4-9-18-17(16(19)20,14-6-7-14)11-21-15-8-5-12(2)13(3)10-15/h5,8,10,14,18H,4,6-7,9,11H2,1-3H3,(H,19,20). The Hall–Kier alpha value is -1.00. The van der Waals surface area contributed by atoms with Gasteiger partial charge in [-0.15, -0.1) is 11.8 Å². The van der Waals surface area contributed by atoms with E-state index in [4.69, 9.17) is 0 Å². The van der Waals surface area contributed by atoms with Crippen LogP contribution < -0.4 is 5.32 Å². The number of nitrogens with one attached hydrogen (secondary N) is 1. The first-order chi connectivity index (χ1) is 9.99. The number of rotatable bonds is 8. The van der Waals surface area contributed by atoms with Gasteiger partial charge in [0.2, 0.25) is 0 Å². The second kappa shape index (κ2) is 6.84. The van der Waals surface area contributed by atoms with Crippen LogP contribution in [0.1, 0.15) is 37.3 Å². The fourth-order valence-corrected chi connectivity index (χ4v) is 3.83. The Morgan fingerprint density at radius 3 is 2.62 bits per heavy atom. The Morgan fingerprint density at radius 1 is 1.38 bits per heavy atom. The van der Waals surface area contributed by atoms with Crippen LogP contribution in [0.3, 0.4) is 0 Å². The minimum atomic E-state index is -0.764. The van der Waals surface area contributed by atoms with E-state index in [2.05, 4.69) is 44.3 Å². The average molecular weight is 307 g/mol. The van der Waals surface area contributed by atoms with Crippen molar-refractivity contribution in [1.29, 1.82) is 0 Å². The number of carbonyl (C=O) groups is 1. The Balaban J connectivity index is 2.10. The molecule has 1 atom stereocenters. The molecule has 0 radical (unpaired) electrons. The molecule has 1 aliphatic rings. The highest BCUT2D eigenvalue weighted by atomic mass is 32.2. The average Bonchev–Trinajstić information content (AvgIpc) is 3.27. The van der Waals surface area contributed by atoms with E-state index in [9.17, 15) is 9.90 Å². The van der Waals surface area contributed by atoms with Crippen LogP contribution in [0.2, 0.25) is 0 Å². The van der Waals surface area contributed by atoms with Gasteiger partial charge in [-0.05, 0) is 68.8 Å². The molecular weight excluding hydrogens is 282 g/mol. The van der Waals surface area contributed by atoms with E-state index in [0.717, 1.165) is 30.7 Å². The van der Waals surface area contributed by atoms with Gasteiger partial charge in [0.25, 0.3) is 0 Å². The summed E-state index contributed by atoms with van der Waals surface area (Å²) in [4.78, 5) is 13.0. The highest BCUT2D eigenvalue weighted by Gasteiger charge is 2.50. The summed E-state index contributed by atoms with van der Waals surface area (Å²) in [6.07, 6.45) is 3.00. The molecule has 0 bridgehead atoms. The molecule has 1 aromatic carbocycles. The minimum Gasteiger partial charge on any atom is -0.480 e. The molecule has 0 heterocycles. The normalized spacial score (nSPS) is 17.5. The maximum atomic E-state index is 11.9. The Morgan fingerprint density at radius 2 is 2.10 bits per heavy atom. The van der Waals surface area contributed by atoms with Crippen LogP contribution in [-0.4, -0.2) is 28.9 Å². The first-order valence-corrected chi connectivity index (χ1v) is 8.66. The van der Waals surface area contributed by atoms with Crippen molar-refractivity contribution in [3.63, 3.8) is 0 Å². The first-order valence-electron chi connectivity index (χ1n) is 7.68. The second-order valence-corrected chi connectivity index (χ2v) is 7.06. The molecule has 0 aromatic heterocycles. The predicted octanol–water partition coefficient (Wildman–Crippen LogP) is 3.63. The van der Waals surface area contributed by atoms with Gasteiger partial charge in [0.15, 0.2) is 0 Å². The second-order valence-electron chi connectivity index (χ2n) is 6.01. The van der Waals surface area contributed by atoms with Gasteiger partial charge in [-0.1, -0.05) is 13.0 Å². The molecule has 0 saturated heterocycles. The van der Waals surface area contributed by atoms with E-state index in [1.165, 1.54) is 11.1 Å². The molecule has 0 aliphatic heterocycles. The summed E-state index contributed by atoms with van der Waals surface area (Å²) in [6.45, 7) is 7.03. The summed E-state index contributed by atoms with van der Waals surface area (Å²) >= 11 is 1.65. The molecule has 116 valence electrons. The van der Waals surface area contributed by atoms with Crippen LogP contribution in [0.25, 0.3) is 0 Å². The van der Waals surface area contributed by atoms with Gasteiger partial charge in [0.05, 0.1) is 0 Å². The third kappa shape index (κ3) is 3.80. The molecule has 0 spiro atoms. The maximum absolute atomic E-state index is 11.9. The lowest BCUT2D eigenvalue weighted by molar-refractivity contribution is -0.144. The zero-order chi connectivity index (χ0) is 15.5. The van der Waals surface area contributed by atoms with Crippen LogP contribution in [0, 0.1) is 19.8 Å². The van der Waals surface area contributed by atoms with Crippen LogP contribution in [0.4, 0.5) is 0 Å². The number of carboxylic acids is 1. The lowest BCUT2D eigenvalue weighted by atomic mass is 9.95. The molecule has 1 fully saturated rings. The zero-order valence-corrected chi connectivity index (χ0v) is 13.9. The Labute approximate surface area is 131 Å². The predicted molar refractivity (Wildman–Crippen MR) is 88.0 cm³/mol. The number of aryl methyl sites for hydroxylation is 2. The van der Waals surface area contributed by atoms with Crippen molar-refractivity contribution in [3.05, 3.63) is 29.3 Å². The van der Waals surface area contributed by atoms with Gasteiger partial charge in [-0.2, -0.15) is 0 Å². The van der Waals surface area contributed by atoms with Crippen molar-refractivity contribution in [2.24, 2.45) is 5.92 Å². The van der Waals surface area contributed by atoms with Gasteiger partial charge in [-0.25, -0.2) is 0 Å². The number of carboxylic acid groups (broad SMARTS) is 1. The fraction of sp³-hybridized carbons (Fsp3) is 0.588. The quantitative estimate of drug-likeness (QED) is 0.720.